The van der Waals surface area contributed by atoms with Crippen LogP contribution in [0.1, 0.15) is 34.1 Å². The highest BCUT2D eigenvalue weighted by Gasteiger charge is 2.26. The molecular formula is C12H28N2S. The van der Waals surface area contributed by atoms with Gasteiger partial charge in [-0.1, -0.05) is 20.8 Å². The van der Waals surface area contributed by atoms with Crippen LogP contribution in [-0.2, 0) is 0 Å². The molecule has 0 heterocycles. The van der Waals surface area contributed by atoms with E-state index in [-0.39, 0.29) is 11.5 Å². The predicted molar refractivity (Wildman–Crippen MR) is 72.5 cm³/mol. The molecule has 2 unspecified atom stereocenters. The van der Waals surface area contributed by atoms with Crippen molar-refractivity contribution < 1.29 is 0 Å². The molecule has 2 nitrogen and oxygen atoms in total. The lowest BCUT2D eigenvalue weighted by atomic mass is 9.85. The molecule has 15 heavy (non-hydrogen) atoms. The van der Waals surface area contributed by atoms with E-state index in [0.29, 0.717) is 6.04 Å². The van der Waals surface area contributed by atoms with Crippen molar-refractivity contribution >= 4 is 11.8 Å². The van der Waals surface area contributed by atoms with Crippen molar-refractivity contribution in [3.05, 3.63) is 0 Å². The molecule has 0 rings (SSSR count). The van der Waals surface area contributed by atoms with E-state index in [4.69, 9.17) is 5.73 Å². The number of rotatable bonds is 7. The summed E-state index contributed by atoms with van der Waals surface area (Å²) in [4.78, 5) is 2.46. The SMILES string of the molecule is CCC(CSC)N(C)CC(C)(C)C(C)N. The van der Waals surface area contributed by atoms with E-state index in [0.717, 1.165) is 6.54 Å². The van der Waals surface area contributed by atoms with Crippen LogP contribution in [0.5, 0.6) is 0 Å². The normalized spacial score (nSPS) is 16.8. The third-order valence-corrected chi connectivity index (χ3v) is 4.06. The highest BCUT2D eigenvalue weighted by molar-refractivity contribution is 7.98. The van der Waals surface area contributed by atoms with Crippen molar-refractivity contribution in [1.29, 1.82) is 0 Å². The lowest BCUT2D eigenvalue weighted by Gasteiger charge is -2.37. The first-order valence-corrected chi connectivity index (χ1v) is 7.19. The van der Waals surface area contributed by atoms with Crippen LogP contribution >= 0.6 is 11.8 Å². The molecule has 92 valence electrons. The van der Waals surface area contributed by atoms with Crippen molar-refractivity contribution in [2.45, 2.75) is 46.2 Å². The van der Waals surface area contributed by atoms with E-state index in [1.165, 1.54) is 12.2 Å². The topological polar surface area (TPSA) is 29.3 Å². The summed E-state index contributed by atoms with van der Waals surface area (Å²) in [5.74, 6) is 1.21. The number of hydrogen-bond donors (Lipinski definition) is 1. The van der Waals surface area contributed by atoms with E-state index in [1.54, 1.807) is 0 Å². The van der Waals surface area contributed by atoms with E-state index in [1.807, 2.05) is 11.8 Å². The molecule has 0 aliphatic rings. The maximum atomic E-state index is 6.00. The summed E-state index contributed by atoms with van der Waals surface area (Å²) >= 11 is 1.92. The van der Waals surface area contributed by atoms with Crippen LogP contribution in [0.15, 0.2) is 0 Å². The fourth-order valence-electron chi connectivity index (χ4n) is 1.67. The quantitative estimate of drug-likeness (QED) is 0.731. The molecule has 0 fully saturated rings. The summed E-state index contributed by atoms with van der Waals surface area (Å²) in [5, 5.41) is 0. The van der Waals surface area contributed by atoms with Crippen LogP contribution in [0, 0.1) is 5.41 Å². The number of thioether (sulfide) groups is 1. The van der Waals surface area contributed by atoms with Gasteiger partial charge in [-0.25, -0.2) is 0 Å². The monoisotopic (exact) mass is 232 g/mol. The molecule has 0 aliphatic heterocycles. The van der Waals surface area contributed by atoms with Gasteiger partial charge < -0.3 is 10.6 Å². The highest BCUT2D eigenvalue weighted by Crippen LogP contribution is 2.22. The van der Waals surface area contributed by atoms with Crippen molar-refractivity contribution in [3.8, 4) is 0 Å². The first kappa shape index (κ1) is 15.3. The first-order chi connectivity index (χ1) is 6.85. The second-order valence-electron chi connectivity index (χ2n) is 5.21. The summed E-state index contributed by atoms with van der Waals surface area (Å²) in [6.07, 6.45) is 3.39. The van der Waals surface area contributed by atoms with Crippen LogP contribution in [0.25, 0.3) is 0 Å². The second-order valence-corrected chi connectivity index (χ2v) is 6.12. The van der Waals surface area contributed by atoms with Gasteiger partial charge in [0, 0.05) is 24.4 Å². The molecule has 0 aromatic carbocycles. The average molecular weight is 232 g/mol. The predicted octanol–water partition coefficient (Wildman–Crippen LogP) is 2.43. The van der Waals surface area contributed by atoms with Crippen LogP contribution in [0.4, 0.5) is 0 Å². The molecule has 0 aliphatic carbocycles. The first-order valence-electron chi connectivity index (χ1n) is 5.80. The molecule has 0 saturated carbocycles. The molecule has 2 N–H and O–H groups in total. The molecule has 0 aromatic heterocycles. The maximum Gasteiger partial charge on any atom is 0.0180 e. The van der Waals surface area contributed by atoms with Gasteiger partial charge in [0.25, 0.3) is 0 Å². The summed E-state index contributed by atoms with van der Waals surface area (Å²) in [6, 6.07) is 0.921. The molecule has 2 atom stereocenters. The highest BCUT2D eigenvalue weighted by atomic mass is 32.2. The van der Waals surface area contributed by atoms with Gasteiger partial charge in [-0.15, -0.1) is 0 Å². The van der Waals surface area contributed by atoms with E-state index in [9.17, 15) is 0 Å². The number of hydrogen-bond acceptors (Lipinski definition) is 3. The summed E-state index contributed by atoms with van der Waals surface area (Å²) in [6.45, 7) is 9.93. The third kappa shape index (κ3) is 5.23. The zero-order valence-electron chi connectivity index (χ0n) is 11.2. The Balaban J connectivity index is 4.25. The van der Waals surface area contributed by atoms with Crippen molar-refractivity contribution in [2.24, 2.45) is 11.1 Å². The Kier molecular flexibility index (Phi) is 6.89. The second kappa shape index (κ2) is 6.77. The van der Waals surface area contributed by atoms with Gasteiger partial charge >= 0.3 is 0 Å². The molecule has 0 spiro atoms. The van der Waals surface area contributed by atoms with Crippen LogP contribution in [0.3, 0.4) is 0 Å². The lowest BCUT2D eigenvalue weighted by Crippen LogP contribution is -2.46. The molecule has 0 radical (unpaired) electrons. The third-order valence-electron chi connectivity index (χ3n) is 3.34. The van der Waals surface area contributed by atoms with Crippen molar-refractivity contribution in [3.63, 3.8) is 0 Å². The zero-order chi connectivity index (χ0) is 12.1. The van der Waals surface area contributed by atoms with E-state index in [2.05, 4.69) is 45.9 Å². The molecule has 0 amide bonds. The molecule has 3 heteroatoms. The van der Waals surface area contributed by atoms with E-state index < -0.39 is 0 Å². The largest absolute Gasteiger partial charge is 0.327 e. The molecule has 0 saturated heterocycles. The van der Waals surface area contributed by atoms with Gasteiger partial charge in [-0.05, 0) is 32.1 Å². The number of nitrogens with two attached hydrogens (primary N) is 1. The Morgan fingerprint density at radius 3 is 2.27 bits per heavy atom. The summed E-state index contributed by atoms with van der Waals surface area (Å²) < 4.78 is 0. The summed E-state index contributed by atoms with van der Waals surface area (Å²) in [7, 11) is 2.22. The standard InChI is InChI=1S/C12H28N2S/c1-7-11(8-15-6)14(5)9-12(3,4)10(2)13/h10-11H,7-9,13H2,1-6H3. The summed E-state index contributed by atoms with van der Waals surface area (Å²) in [5.41, 5.74) is 6.20. The molecule has 0 bridgehead atoms. The van der Waals surface area contributed by atoms with Crippen LogP contribution in [0.2, 0.25) is 0 Å². The van der Waals surface area contributed by atoms with Gasteiger partial charge in [0.05, 0.1) is 0 Å². The van der Waals surface area contributed by atoms with Gasteiger partial charge in [-0.3, -0.25) is 0 Å². The van der Waals surface area contributed by atoms with E-state index >= 15 is 0 Å². The fraction of sp³-hybridized carbons (Fsp3) is 1.00. The minimum absolute atomic E-state index is 0.195. The fourth-order valence-corrected chi connectivity index (χ4v) is 2.54. The Morgan fingerprint density at radius 1 is 1.40 bits per heavy atom. The number of nitrogens with zero attached hydrogens (tertiary/aromatic N) is 1. The smallest absolute Gasteiger partial charge is 0.0180 e. The van der Waals surface area contributed by atoms with Crippen LogP contribution in [-0.4, -0.2) is 42.6 Å². The van der Waals surface area contributed by atoms with Gasteiger partial charge in [0.2, 0.25) is 0 Å². The minimum Gasteiger partial charge on any atom is -0.327 e. The Hall–Kier alpha value is 0.270. The Labute approximate surface area is 100.0 Å². The average Bonchev–Trinajstić information content (AvgIpc) is 2.12. The Morgan fingerprint density at radius 2 is 1.93 bits per heavy atom. The van der Waals surface area contributed by atoms with Gasteiger partial charge in [0.1, 0.15) is 0 Å². The maximum absolute atomic E-state index is 6.00. The molecular weight excluding hydrogens is 204 g/mol. The zero-order valence-corrected chi connectivity index (χ0v) is 12.0. The minimum atomic E-state index is 0.195. The van der Waals surface area contributed by atoms with Crippen molar-refractivity contribution in [1.82, 2.24) is 4.90 Å². The lowest BCUT2D eigenvalue weighted by molar-refractivity contribution is 0.149. The molecule has 0 aromatic rings. The van der Waals surface area contributed by atoms with Crippen LogP contribution < -0.4 is 5.73 Å². The van der Waals surface area contributed by atoms with Crippen molar-refractivity contribution in [2.75, 3.05) is 25.6 Å². The Bertz CT molecular complexity index is 169. The van der Waals surface area contributed by atoms with Gasteiger partial charge in [0.15, 0.2) is 0 Å². The van der Waals surface area contributed by atoms with Gasteiger partial charge in [-0.2, -0.15) is 11.8 Å².